The van der Waals surface area contributed by atoms with E-state index >= 15 is 0 Å². The van der Waals surface area contributed by atoms with Gasteiger partial charge in [0, 0.05) is 0 Å². The molecule has 2 nitrogen and oxygen atoms in total. The van der Waals surface area contributed by atoms with Gasteiger partial charge in [-0.3, -0.25) is 0 Å². The molecule has 0 aromatic heterocycles. The summed E-state index contributed by atoms with van der Waals surface area (Å²) in [7, 11) is 0. The van der Waals surface area contributed by atoms with Gasteiger partial charge in [0.2, 0.25) is 6.17 Å². The molecule has 1 heterocycles. The van der Waals surface area contributed by atoms with Crippen molar-refractivity contribution >= 4 is 12.4 Å². The van der Waals surface area contributed by atoms with E-state index in [2.05, 4.69) is 47.2 Å². The number of benzene rings is 1. The number of nitrogens with zero attached hydrogens (tertiary/aromatic N) is 2. The molecule has 1 aliphatic heterocycles. The van der Waals surface area contributed by atoms with Gasteiger partial charge in [0.25, 0.3) is 0 Å². The second-order valence-corrected chi connectivity index (χ2v) is 5.13. The fourth-order valence-electron chi connectivity index (χ4n) is 2.49. The first-order valence-electron chi connectivity index (χ1n) is 7.37. The van der Waals surface area contributed by atoms with Crippen LogP contribution in [0.4, 0.5) is 0 Å². The van der Waals surface area contributed by atoms with Crippen molar-refractivity contribution in [1.82, 2.24) is 0 Å². The lowest BCUT2D eigenvalue weighted by Gasteiger charge is -2.14. The third-order valence-electron chi connectivity index (χ3n) is 3.63. The average molecular weight is 255 g/mol. The van der Waals surface area contributed by atoms with Gasteiger partial charge in [0.1, 0.15) is 0 Å². The van der Waals surface area contributed by atoms with E-state index in [9.17, 15) is 0 Å². The number of rotatable bonds is 8. The highest BCUT2D eigenvalue weighted by molar-refractivity contribution is 6.18. The molecule has 0 N–H and O–H groups in total. The smallest absolute Gasteiger partial charge is 0.0965 e. The lowest BCUT2D eigenvalue weighted by atomic mass is 9.92. The predicted molar refractivity (Wildman–Crippen MR) is 82.6 cm³/mol. The standard InChI is InChI=1S/C17H23N2/c1-2-3-5-10-16(17-18-13-14-19-17)12-11-15-8-6-4-7-9-15/h4,6-9,13-14,16H,2-3,5,10-12H2,1H3/q+1. The Bertz CT molecular complexity index is 397. The topological polar surface area (TPSA) is 24.7 Å². The summed E-state index contributed by atoms with van der Waals surface area (Å²) in [6.07, 6.45) is 12.0. The van der Waals surface area contributed by atoms with E-state index in [1.165, 1.54) is 31.2 Å². The molecule has 100 valence electrons. The van der Waals surface area contributed by atoms with Gasteiger partial charge in [-0.05, 0) is 24.8 Å². The average Bonchev–Trinajstić information content (AvgIpc) is 2.98. The quantitative estimate of drug-likeness (QED) is 0.484. The van der Waals surface area contributed by atoms with Crippen LogP contribution in [-0.4, -0.2) is 12.4 Å². The first-order chi connectivity index (χ1) is 9.40. The van der Waals surface area contributed by atoms with Crippen molar-refractivity contribution in [2.24, 2.45) is 15.9 Å². The molecule has 1 aliphatic rings. The summed E-state index contributed by atoms with van der Waals surface area (Å²) in [4.78, 5) is 8.79. The fraction of sp³-hybridized carbons (Fsp3) is 0.471. The first kappa shape index (κ1) is 13.9. The normalized spacial score (nSPS) is 15.1. The number of aliphatic imine (C=N–C) groups is 2. The summed E-state index contributed by atoms with van der Waals surface area (Å²) >= 11 is 0. The highest BCUT2D eigenvalue weighted by Crippen LogP contribution is 2.29. The Labute approximate surface area is 116 Å². The van der Waals surface area contributed by atoms with Crippen LogP contribution in [0, 0.1) is 12.1 Å². The van der Waals surface area contributed by atoms with Crippen LogP contribution in [0.15, 0.2) is 40.3 Å². The molecular formula is C17H23N2+. The molecule has 0 amide bonds. The van der Waals surface area contributed by atoms with Gasteiger partial charge in [-0.2, -0.15) is 0 Å². The van der Waals surface area contributed by atoms with Crippen LogP contribution < -0.4 is 0 Å². The van der Waals surface area contributed by atoms with Crippen LogP contribution in [-0.2, 0) is 6.42 Å². The van der Waals surface area contributed by atoms with Crippen LogP contribution >= 0.6 is 0 Å². The van der Waals surface area contributed by atoms with Crippen molar-refractivity contribution in [3.05, 3.63) is 42.1 Å². The molecule has 0 radical (unpaired) electrons. The van der Waals surface area contributed by atoms with Crippen LogP contribution in [0.2, 0.25) is 0 Å². The van der Waals surface area contributed by atoms with Crippen molar-refractivity contribution in [2.45, 2.75) is 45.4 Å². The third kappa shape index (κ3) is 4.55. The third-order valence-corrected chi connectivity index (χ3v) is 3.63. The van der Waals surface area contributed by atoms with Gasteiger partial charge in [0.15, 0.2) is 12.4 Å². The second kappa shape index (κ2) is 7.78. The summed E-state index contributed by atoms with van der Waals surface area (Å²) in [6, 6.07) is 10.7. The molecule has 1 aromatic rings. The molecule has 0 aliphatic carbocycles. The molecule has 2 heteroatoms. The number of hydrogen-bond acceptors (Lipinski definition) is 2. The molecule has 1 aromatic carbocycles. The van der Waals surface area contributed by atoms with Crippen molar-refractivity contribution < 1.29 is 0 Å². The van der Waals surface area contributed by atoms with Crippen molar-refractivity contribution in [3.8, 4) is 0 Å². The zero-order valence-corrected chi connectivity index (χ0v) is 11.8. The van der Waals surface area contributed by atoms with Gasteiger partial charge >= 0.3 is 0 Å². The Hall–Kier alpha value is -1.57. The summed E-state index contributed by atoms with van der Waals surface area (Å²) < 4.78 is 0. The second-order valence-electron chi connectivity index (χ2n) is 5.13. The van der Waals surface area contributed by atoms with Crippen LogP contribution in [0.25, 0.3) is 0 Å². The van der Waals surface area contributed by atoms with Crippen LogP contribution in [0.1, 0.15) is 44.6 Å². The minimum atomic E-state index is 0.516. The van der Waals surface area contributed by atoms with E-state index in [1.54, 1.807) is 0 Å². The highest BCUT2D eigenvalue weighted by atomic mass is 15.0. The Balaban J connectivity index is 1.86. The van der Waals surface area contributed by atoms with Gasteiger partial charge < -0.3 is 0 Å². The van der Waals surface area contributed by atoms with Crippen molar-refractivity contribution in [2.75, 3.05) is 0 Å². The van der Waals surface area contributed by atoms with E-state index in [4.69, 9.17) is 0 Å². The lowest BCUT2D eigenvalue weighted by Crippen LogP contribution is -2.09. The maximum Gasteiger partial charge on any atom is 0.243 e. The van der Waals surface area contributed by atoms with E-state index in [1.807, 2.05) is 12.4 Å². The van der Waals surface area contributed by atoms with E-state index < -0.39 is 0 Å². The summed E-state index contributed by atoms with van der Waals surface area (Å²) in [5.74, 6) is 0.516. The summed E-state index contributed by atoms with van der Waals surface area (Å²) in [5, 5.41) is 0. The first-order valence-corrected chi connectivity index (χ1v) is 7.37. The Kier molecular flexibility index (Phi) is 5.67. The molecule has 19 heavy (non-hydrogen) atoms. The van der Waals surface area contributed by atoms with E-state index in [-0.39, 0.29) is 0 Å². The fourth-order valence-corrected chi connectivity index (χ4v) is 2.49. The minimum absolute atomic E-state index is 0.516. The molecule has 0 saturated carbocycles. The van der Waals surface area contributed by atoms with Crippen molar-refractivity contribution in [1.29, 1.82) is 0 Å². The zero-order chi connectivity index (χ0) is 13.3. The van der Waals surface area contributed by atoms with Crippen LogP contribution in [0.5, 0.6) is 0 Å². The molecule has 2 rings (SSSR count). The minimum Gasteiger partial charge on any atom is -0.0965 e. The van der Waals surface area contributed by atoms with E-state index in [0.717, 1.165) is 19.0 Å². The number of unbranched alkanes of at least 4 members (excludes halogenated alkanes) is 2. The van der Waals surface area contributed by atoms with Gasteiger partial charge in [-0.25, -0.2) is 0 Å². The van der Waals surface area contributed by atoms with Gasteiger partial charge in [-0.1, -0.05) is 66.5 Å². The van der Waals surface area contributed by atoms with E-state index in [0.29, 0.717) is 5.92 Å². The Morgan fingerprint density at radius 2 is 1.74 bits per heavy atom. The monoisotopic (exact) mass is 255 g/mol. The highest BCUT2D eigenvalue weighted by Gasteiger charge is 2.27. The van der Waals surface area contributed by atoms with Crippen LogP contribution in [0.3, 0.4) is 0 Å². The molecule has 0 bridgehead atoms. The number of hydrogen-bond donors (Lipinski definition) is 0. The molecule has 0 spiro atoms. The Morgan fingerprint density at radius 1 is 1.00 bits per heavy atom. The number of aryl methyl sites for hydroxylation is 1. The maximum atomic E-state index is 4.40. The molecule has 0 saturated heterocycles. The van der Waals surface area contributed by atoms with Gasteiger partial charge in [-0.15, -0.1) is 0 Å². The molecular weight excluding hydrogens is 232 g/mol. The summed E-state index contributed by atoms with van der Waals surface area (Å²) in [6.45, 7) is 2.25. The largest absolute Gasteiger partial charge is 0.243 e. The summed E-state index contributed by atoms with van der Waals surface area (Å²) in [5.41, 5.74) is 1.41. The maximum absolute atomic E-state index is 4.40. The SMILES string of the molecule is CCCCCC(CCc1ccccc1)[C+]1N=CC=N1. The molecule has 1 atom stereocenters. The molecule has 1 unspecified atom stereocenters. The lowest BCUT2D eigenvalue weighted by molar-refractivity contribution is 0.436. The molecule has 0 fully saturated rings. The van der Waals surface area contributed by atoms with Crippen molar-refractivity contribution in [3.63, 3.8) is 0 Å². The van der Waals surface area contributed by atoms with Gasteiger partial charge in [0.05, 0.1) is 5.92 Å². The predicted octanol–water partition coefficient (Wildman–Crippen LogP) is 4.46. The zero-order valence-electron chi connectivity index (χ0n) is 11.8. The Morgan fingerprint density at radius 3 is 2.42 bits per heavy atom.